The van der Waals surface area contributed by atoms with Crippen LogP contribution in [0.2, 0.25) is 0 Å². The fraction of sp³-hybridized carbons (Fsp3) is 0.0400. The lowest BCUT2D eigenvalue weighted by molar-refractivity contribution is 1.20. The number of hydrogen-bond acceptors (Lipinski definition) is 1. The van der Waals surface area contributed by atoms with Crippen LogP contribution in [0, 0.1) is 0 Å². The first-order valence-corrected chi connectivity index (χ1v) is 8.87. The van der Waals surface area contributed by atoms with Gasteiger partial charge < -0.3 is 4.90 Å². The van der Waals surface area contributed by atoms with Crippen molar-refractivity contribution in [1.29, 1.82) is 0 Å². The predicted octanol–water partition coefficient (Wildman–Crippen LogP) is 6.31. The van der Waals surface area contributed by atoms with Crippen molar-refractivity contribution in [2.75, 3.05) is 11.9 Å². The Labute approximate surface area is 155 Å². The molecular formula is C25H21N. The zero-order valence-corrected chi connectivity index (χ0v) is 14.8. The highest BCUT2D eigenvalue weighted by Gasteiger charge is 2.21. The van der Waals surface area contributed by atoms with Crippen LogP contribution in [-0.2, 0) is 0 Å². The maximum Gasteiger partial charge on any atom is 0.0403 e. The summed E-state index contributed by atoms with van der Waals surface area (Å²) in [5.41, 5.74) is 7.73. The Morgan fingerprint density at radius 3 is 1.73 bits per heavy atom. The molecule has 0 unspecified atom stereocenters. The van der Waals surface area contributed by atoms with E-state index in [2.05, 4.69) is 115 Å². The third-order valence-corrected chi connectivity index (χ3v) is 4.68. The molecule has 0 spiro atoms. The van der Waals surface area contributed by atoms with Crippen molar-refractivity contribution in [2.24, 2.45) is 0 Å². The lowest BCUT2D eigenvalue weighted by atomic mass is 10.0. The van der Waals surface area contributed by atoms with Crippen molar-refractivity contribution >= 4 is 11.3 Å². The minimum atomic E-state index is 1.18. The molecule has 0 amide bonds. The molecule has 0 N–H and O–H groups in total. The Kier molecular flexibility index (Phi) is 4.53. The van der Waals surface area contributed by atoms with Crippen LogP contribution in [0.25, 0.3) is 16.7 Å². The van der Waals surface area contributed by atoms with E-state index in [1.165, 1.54) is 33.5 Å². The van der Waals surface area contributed by atoms with Gasteiger partial charge in [-0.25, -0.2) is 0 Å². The first kappa shape index (κ1) is 16.2. The van der Waals surface area contributed by atoms with Crippen molar-refractivity contribution in [2.45, 2.75) is 0 Å². The van der Waals surface area contributed by atoms with Gasteiger partial charge in [-0.15, -0.1) is 0 Å². The summed E-state index contributed by atoms with van der Waals surface area (Å²) in [7, 11) is 2.06. The molecule has 1 aliphatic carbocycles. The molecule has 0 heterocycles. The zero-order chi connectivity index (χ0) is 17.8. The van der Waals surface area contributed by atoms with E-state index >= 15 is 0 Å². The van der Waals surface area contributed by atoms with E-state index in [0.29, 0.717) is 0 Å². The summed E-state index contributed by atoms with van der Waals surface area (Å²) in [5, 5.41) is 0. The second-order valence-corrected chi connectivity index (χ2v) is 6.34. The molecule has 0 saturated heterocycles. The highest BCUT2D eigenvalue weighted by molar-refractivity contribution is 6.01. The predicted molar refractivity (Wildman–Crippen MR) is 112 cm³/mol. The molecule has 4 rings (SSSR count). The molecule has 126 valence electrons. The third kappa shape index (κ3) is 3.12. The van der Waals surface area contributed by atoms with Crippen LogP contribution in [0.4, 0.5) is 5.69 Å². The van der Waals surface area contributed by atoms with Crippen LogP contribution in [0.3, 0.4) is 0 Å². The van der Waals surface area contributed by atoms with Crippen LogP contribution in [-0.4, -0.2) is 7.05 Å². The van der Waals surface area contributed by atoms with E-state index in [9.17, 15) is 0 Å². The van der Waals surface area contributed by atoms with E-state index in [1.807, 2.05) is 6.07 Å². The molecule has 0 aliphatic heterocycles. The summed E-state index contributed by atoms with van der Waals surface area (Å²) in [6, 6.07) is 27.6. The van der Waals surface area contributed by atoms with Crippen molar-refractivity contribution in [3.63, 3.8) is 0 Å². The molecule has 0 radical (unpaired) electrons. The van der Waals surface area contributed by atoms with E-state index in [-0.39, 0.29) is 0 Å². The monoisotopic (exact) mass is 335 g/mol. The summed E-state index contributed by atoms with van der Waals surface area (Å²) < 4.78 is 0. The lowest BCUT2D eigenvalue weighted by Crippen LogP contribution is -2.06. The van der Waals surface area contributed by atoms with E-state index in [0.717, 1.165) is 0 Å². The first-order chi connectivity index (χ1) is 12.8. The quantitative estimate of drug-likeness (QED) is 0.395. The highest BCUT2D eigenvalue weighted by atomic mass is 15.1. The van der Waals surface area contributed by atoms with Crippen molar-refractivity contribution < 1.29 is 0 Å². The fourth-order valence-corrected chi connectivity index (χ4v) is 3.37. The van der Waals surface area contributed by atoms with Crippen molar-refractivity contribution in [1.82, 2.24) is 0 Å². The van der Waals surface area contributed by atoms with Gasteiger partial charge in [-0.3, -0.25) is 0 Å². The number of nitrogens with zero attached hydrogens (tertiary/aromatic N) is 1. The largest absolute Gasteiger partial charge is 0.351 e. The molecule has 0 aromatic heterocycles. The standard InChI is InChI=1S/C25H21N/c1-26(20-12-4-2-5-13-20)19-11-3-6-14-21-22-15-7-9-17-24(22)25-18-10-8-16-23(21)25/h2-19H,1H3/b6-3+,19-11+. The minimum absolute atomic E-state index is 1.18. The van der Waals surface area contributed by atoms with E-state index in [1.54, 1.807) is 0 Å². The van der Waals surface area contributed by atoms with Gasteiger partial charge >= 0.3 is 0 Å². The molecule has 1 heteroatoms. The maximum absolute atomic E-state index is 2.21. The lowest BCUT2D eigenvalue weighted by Gasteiger charge is -2.12. The molecule has 0 fully saturated rings. The number of fused-ring (bicyclic) bond motifs is 3. The average molecular weight is 335 g/mol. The second-order valence-electron chi connectivity index (χ2n) is 6.34. The van der Waals surface area contributed by atoms with Gasteiger partial charge in [-0.05, 0) is 46.0 Å². The molecule has 0 bridgehead atoms. The number of rotatable bonds is 4. The van der Waals surface area contributed by atoms with Gasteiger partial charge in [0.1, 0.15) is 0 Å². The summed E-state index contributed by atoms with van der Waals surface area (Å²) in [6.45, 7) is 0. The number of para-hydroxylation sites is 1. The first-order valence-electron chi connectivity index (χ1n) is 8.87. The second kappa shape index (κ2) is 7.28. The Hall–Kier alpha value is -3.32. The fourth-order valence-electron chi connectivity index (χ4n) is 3.37. The average Bonchev–Trinajstić information content (AvgIpc) is 3.02. The number of hydrogen-bond donors (Lipinski definition) is 0. The minimum Gasteiger partial charge on any atom is -0.351 e. The Balaban J connectivity index is 1.55. The van der Waals surface area contributed by atoms with Crippen molar-refractivity contribution in [3.05, 3.63) is 120 Å². The SMILES string of the molecule is CN(/C=C/C=C/C=C1c2ccccc2-c2ccccc21)c1ccccc1. The summed E-state index contributed by atoms with van der Waals surface area (Å²) in [5.74, 6) is 0. The summed E-state index contributed by atoms with van der Waals surface area (Å²) >= 11 is 0. The number of anilines is 1. The van der Waals surface area contributed by atoms with Crippen molar-refractivity contribution in [3.8, 4) is 11.1 Å². The van der Waals surface area contributed by atoms with E-state index < -0.39 is 0 Å². The van der Waals surface area contributed by atoms with Crippen LogP contribution in [0.5, 0.6) is 0 Å². The highest BCUT2D eigenvalue weighted by Crippen LogP contribution is 2.43. The van der Waals surface area contributed by atoms with Crippen LogP contribution in [0.1, 0.15) is 11.1 Å². The molecule has 3 aromatic carbocycles. The molecule has 26 heavy (non-hydrogen) atoms. The molecule has 0 atom stereocenters. The van der Waals surface area contributed by atoms with Crippen LogP contribution < -0.4 is 4.90 Å². The van der Waals surface area contributed by atoms with Gasteiger partial charge in [0.25, 0.3) is 0 Å². The van der Waals surface area contributed by atoms with Gasteiger partial charge in [0.2, 0.25) is 0 Å². The van der Waals surface area contributed by atoms with Gasteiger partial charge in [0.05, 0.1) is 0 Å². The zero-order valence-electron chi connectivity index (χ0n) is 14.8. The molecular weight excluding hydrogens is 314 g/mol. The topological polar surface area (TPSA) is 3.24 Å². The van der Waals surface area contributed by atoms with Gasteiger partial charge in [0, 0.05) is 18.9 Å². The number of allylic oxidation sites excluding steroid dienone is 4. The van der Waals surface area contributed by atoms with Gasteiger partial charge in [0.15, 0.2) is 0 Å². The summed E-state index contributed by atoms with van der Waals surface area (Å²) in [6.07, 6.45) is 10.5. The van der Waals surface area contributed by atoms with Crippen LogP contribution in [0.15, 0.2) is 109 Å². The van der Waals surface area contributed by atoms with E-state index in [4.69, 9.17) is 0 Å². The molecule has 1 aliphatic rings. The Morgan fingerprint density at radius 2 is 1.12 bits per heavy atom. The van der Waals surface area contributed by atoms with Gasteiger partial charge in [-0.1, -0.05) is 85.0 Å². The third-order valence-electron chi connectivity index (χ3n) is 4.68. The van der Waals surface area contributed by atoms with Crippen LogP contribution >= 0.6 is 0 Å². The smallest absolute Gasteiger partial charge is 0.0403 e. The maximum atomic E-state index is 2.21. The number of benzene rings is 3. The molecule has 3 aromatic rings. The summed E-state index contributed by atoms with van der Waals surface area (Å²) in [4.78, 5) is 2.11. The normalized spacial score (nSPS) is 12.4. The van der Waals surface area contributed by atoms with Gasteiger partial charge in [-0.2, -0.15) is 0 Å². The Bertz CT molecular complexity index is 946. The Morgan fingerprint density at radius 1 is 0.577 bits per heavy atom. The molecule has 0 saturated carbocycles. The molecule has 1 nitrogen and oxygen atoms in total.